The summed E-state index contributed by atoms with van der Waals surface area (Å²) in [5, 5.41) is 8.01. The highest BCUT2D eigenvalue weighted by Crippen LogP contribution is 2.23. The largest absolute Gasteiger partial charge is 0.349 e. The number of aromatic nitrogens is 2. The van der Waals surface area contributed by atoms with E-state index in [4.69, 9.17) is 11.6 Å². The van der Waals surface area contributed by atoms with Gasteiger partial charge in [-0.2, -0.15) is 0 Å². The summed E-state index contributed by atoms with van der Waals surface area (Å²) in [6, 6.07) is 9.94. The van der Waals surface area contributed by atoms with Crippen LogP contribution >= 0.6 is 11.6 Å². The number of halogens is 1. The molecule has 0 radical (unpaired) electrons. The Kier molecular flexibility index (Phi) is 10.9. The first-order chi connectivity index (χ1) is 19.6. The molecule has 0 saturated heterocycles. The molecule has 0 spiro atoms. The Balaban J connectivity index is 1.60. The first-order valence-electron chi connectivity index (χ1n) is 12.2. The number of nitrogens with one attached hydrogen (secondary N) is 4. The van der Waals surface area contributed by atoms with Crippen molar-refractivity contribution < 1.29 is 22.8 Å². The summed E-state index contributed by atoms with van der Waals surface area (Å²) >= 11 is 6.16. The number of carbonyl (C=O) groups excluding carboxylic acids is 3. The number of anilines is 2. The van der Waals surface area contributed by atoms with E-state index in [-0.39, 0.29) is 26.9 Å². The second-order valence-corrected chi connectivity index (χ2v) is 10.9. The van der Waals surface area contributed by atoms with Gasteiger partial charge in [0.1, 0.15) is 11.6 Å². The number of likely N-dealkylation sites (N-methyl/N-ethyl adjacent to an activating group) is 1. The van der Waals surface area contributed by atoms with Crippen LogP contribution in [0.15, 0.2) is 63.7 Å². The molecule has 1 aromatic heterocycles. The number of aromatic amines is 1. The third kappa shape index (κ3) is 8.30. The van der Waals surface area contributed by atoms with Gasteiger partial charge in [0.15, 0.2) is 15.5 Å². The van der Waals surface area contributed by atoms with Gasteiger partial charge < -0.3 is 20.9 Å². The Morgan fingerprint density at radius 3 is 2.24 bits per heavy atom. The number of sulfone groups is 1. The molecule has 2 aromatic carbocycles. The van der Waals surface area contributed by atoms with Gasteiger partial charge in [-0.1, -0.05) is 18.5 Å². The van der Waals surface area contributed by atoms with Crippen molar-refractivity contribution in [1.29, 1.82) is 0 Å². The number of amides is 3. The van der Waals surface area contributed by atoms with E-state index in [0.717, 1.165) is 6.54 Å². The maximum Gasteiger partial charge on any atom is 0.276 e. The number of rotatable bonds is 14. The fourth-order valence-corrected chi connectivity index (χ4v) is 4.91. The SMILES string of the molecule is C=NCN(CC)CCNC(=O)c1[nH]cnc1C(=O)Nc1ccc(NC(=O)c2ccc(S(=O)(=O)CN=C)cc2Cl)cc1. The number of hydrogen-bond donors (Lipinski definition) is 4. The van der Waals surface area contributed by atoms with E-state index in [9.17, 15) is 22.8 Å². The van der Waals surface area contributed by atoms with Crippen LogP contribution in [0.2, 0.25) is 5.02 Å². The van der Waals surface area contributed by atoms with E-state index < -0.39 is 33.4 Å². The number of hydrogen-bond acceptors (Lipinski definition) is 9. The molecule has 3 amide bonds. The minimum absolute atomic E-state index is 0.0210. The number of nitrogens with zero attached hydrogens (tertiary/aromatic N) is 4. The molecule has 0 saturated carbocycles. The monoisotopic (exact) mass is 600 g/mol. The standard InChI is InChI=1S/C26H29ClN8O5S/c1-4-35(15-28-2)12-11-30-25(37)22-23(32-14-31-22)26(38)34-18-7-5-17(6-8-18)33-24(36)20-10-9-19(13-21(20)27)41(39,40)16-29-3/h5-10,13-14H,2-4,11-12,15-16H2,1H3,(H,30,37)(H,31,32)(H,33,36)(H,34,38). The predicted molar refractivity (Wildman–Crippen MR) is 158 cm³/mol. The highest BCUT2D eigenvalue weighted by atomic mass is 35.5. The van der Waals surface area contributed by atoms with Gasteiger partial charge in [-0.3, -0.25) is 29.3 Å². The lowest BCUT2D eigenvalue weighted by Gasteiger charge is -2.17. The van der Waals surface area contributed by atoms with Gasteiger partial charge in [0.2, 0.25) is 0 Å². The molecule has 0 aliphatic carbocycles. The van der Waals surface area contributed by atoms with Crippen molar-refractivity contribution in [2.24, 2.45) is 9.98 Å². The zero-order valence-corrected chi connectivity index (χ0v) is 23.8. The summed E-state index contributed by atoms with van der Waals surface area (Å²) in [6.45, 7) is 10.7. The number of carbonyl (C=O) groups is 3. The van der Waals surface area contributed by atoms with Crippen molar-refractivity contribution in [1.82, 2.24) is 20.2 Å². The van der Waals surface area contributed by atoms with Crippen LogP contribution in [-0.4, -0.2) is 86.6 Å². The van der Waals surface area contributed by atoms with Crippen LogP contribution in [0.4, 0.5) is 11.4 Å². The average molecular weight is 601 g/mol. The normalized spacial score (nSPS) is 11.1. The van der Waals surface area contributed by atoms with Crippen molar-refractivity contribution >= 4 is 64.0 Å². The third-order valence-corrected chi connectivity index (χ3v) is 7.56. The minimum Gasteiger partial charge on any atom is -0.349 e. The molecule has 15 heteroatoms. The van der Waals surface area contributed by atoms with Crippen LogP contribution < -0.4 is 16.0 Å². The first kappa shape index (κ1) is 31.1. The Labute approximate surface area is 242 Å². The number of benzene rings is 2. The van der Waals surface area contributed by atoms with Crippen molar-refractivity contribution in [3.05, 3.63) is 70.8 Å². The molecular weight excluding hydrogens is 572 g/mol. The zero-order valence-electron chi connectivity index (χ0n) is 22.2. The number of aliphatic imine (C=N–C) groups is 2. The predicted octanol–water partition coefficient (Wildman–Crippen LogP) is 2.71. The molecule has 0 atom stereocenters. The Bertz CT molecular complexity index is 1540. The van der Waals surface area contributed by atoms with Crippen molar-refractivity contribution in [2.45, 2.75) is 11.8 Å². The first-order valence-corrected chi connectivity index (χ1v) is 14.3. The Morgan fingerprint density at radius 2 is 1.66 bits per heavy atom. The fourth-order valence-electron chi connectivity index (χ4n) is 3.62. The third-order valence-electron chi connectivity index (χ3n) is 5.75. The molecular formula is C26H29ClN8O5S. The molecule has 41 heavy (non-hydrogen) atoms. The molecule has 0 aliphatic heterocycles. The average Bonchev–Trinajstić information content (AvgIpc) is 3.44. The van der Waals surface area contributed by atoms with E-state index in [2.05, 4.69) is 49.3 Å². The summed E-state index contributed by atoms with van der Waals surface area (Å²) in [6.07, 6.45) is 1.26. The summed E-state index contributed by atoms with van der Waals surface area (Å²) in [7, 11) is -3.70. The van der Waals surface area contributed by atoms with E-state index in [0.29, 0.717) is 31.1 Å². The van der Waals surface area contributed by atoms with Crippen LogP contribution in [0.1, 0.15) is 38.3 Å². The molecule has 0 aliphatic rings. The van der Waals surface area contributed by atoms with E-state index in [1.807, 2.05) is 11.8 Å². The van der Waals surface area contributed by atoms with Crippen LogP contribution in [0.25, 0.3) is 0 Å². The quantitative estimate of drug-likeness (QED) is 0.205. The number of imidazole rings is 1. The smallest absolute Gasteiger partial charge is 0.276 e. The second kappa shape index (κ2) is 14.3. The van der Waals surface area contributed by atoms with Gasteiger partial charge in [-0.15, -0.1) is 0 Å². The van der Waals surface area contributed by atoms with Crippen LogP contribution in [0.3, 0.4) is 0 Å². The fraction of sp³-hybridized carbons (Fsp3) is 0.231. The van der Waals surface area contributed by atoms with E-state index in [1.165, 1.54) is 24.5 Å². The maximum atomic E-state index is 12.8. The molecule has 216 valence electrons. The minimum atomic E-state index is -3.70. The van der Waals surface area contributed by atoms with Gasteiger partial charge in [0, 0.05) is 24.5 Å². The molecule has 0 bridgehead atoms. The molecule has 3 aromatic rings. The van der Waals surface area contributed by atoms with Crippen LogP contribution in [0.5, 0.6) is 0 Å². The molecule has 1 heterocycles. The Hall–Kier alpha value is -4.40. The van der Waals surface area contributed by atoms with Crippen molar-refractivity contribution in [3.63, 3.8) is 0 Å². The molecule has 13 nitrogen and oxygen atoms in total. The summed E-state index contributed by atoms with van der Waals surface area (Å²) in [4.78, 5) is 53.9. The lowest BCUT2D eigenvalue weighted by Crippen LogP contribution is -2.35. The highest BCUT2D eigenvalue weighted by Gasteiger charge is 2.21. The van der Waals surface area contributed by atoms with Crippen molar-refractivity contribution in [3.8, 4) is 0 Å². The van der Waals surface area contributed by atoms with E-state index >= 15 is 0 Å². The van der Waals surface area contributed by atoms with Gasteiger partial charge >= 0.3 is 0 Å². The van der Waals surface area contributed by atoms with Gasteiger partial charge in [0.25, 0.3) is 17.7 Å². The van der Waals surface area contributed by atoms with Crippen molar-refractivity contribution in [2.75, 3.05) is 42.8 Å². The van der Waals surface area contributed by atoms with Gasteiger partial charge in [0.05, 0.1) is 28.5 Å². The lowest BCUT2D eigenvalue weighted by atomic mass is 10.2. The van der Waals surface area contributed by atoms with Gasteiger partial charge in [-0.25, -0.2) is 13.4 Å². The Morgan fingerprint density at radius 1 is 1.00 bits per heavy atom. The summed E-state index contributed by atoms with van der Waals surface area (Å²) < 4.78 is 24.3. The number of H-pyrrole nitrogens is 1. The topological polar surface area (TPSA) is 178 Å². The lowest BCUT2D eigenvalue weighted by molar-refractivity contribution is 0.0931. The molecule has 4 N–H and O–H groups in total. The van der Waals surface area contributed by atoms with Crippen LogP contribution in [-0.2, 0) is 9.84 Å². The van der Waals surface area contributed by atoms with Crippen LogP contribution in [0, 0.1) is 0 Å². The second-order valence-electron chi connectivity index (χ2n) is 8.55. The molecule has 0 unspecified atom stereocenters. The highest BCUT2D eigenvalue weighted by molar-refractivity contribution is 7.91. The molecule has 3 rings (SSSR count). The van der Waals surface area contributed by atoms with E-state index in [1.54, 1.807) is 24.3 Å². The molecule has 0 fully saturated rings. The van der Waals surface area contributed by atoms with Gasteiger partial charge in [-0.05, 0) is 62.4 Å². The summed E-state index contributed by atoms with van der Waals surface area (Å²) in [5.74, 6) is -2.14. The maximum absolute atomic E-state index is 12.8. The zero-order chi connectivity index (χ0) is 30.0. The summed E-state index contributed by atoms with van der Waals surface area (Å²) in [5.41, 5.74) is 0.792.